The molecule has 1 heterocycles. The summed E-state index contributed by atoms with van der Waals surface area (Å²) in [6.45, 7) is 3.11. The quantitative estimate of drug-likeness (QED) is 0.818. The monoisotopic (exact) mass is 309 g/mol. The molecule has 0 unspecified atom stereocenters. The van der Waals surface area contributed by atoms with Crippen molar-refractivity contribution in [3.8, 4) is 0 Å². The molecular weight excluding hydrogens is 282 g/mol. The van der Waals surface area contributed by atoms with Gasteiger partial charge in [0.25, 0.3) is 0 Å². The summed E-state index contributed by atoms with van der Waals surface area (Å²) in [6, 6.07) is 2.34. The standard InChI is InChI=1S/C17H27NO4/c1-4-15-13(9-16(22-15)17(20)21-3)10-18(2)14-7-5-12(11-19)6-8-14/h9,12,14,19H,4-8,10-11H2,1-3H3. The maximum absolute atomic E-state index is 11.6. The number of hydrogen-bond donors (Lipinski definition) is 1. The summed E-state index contributed by atoms with van der Waals surface area (Å²) in [5.74, 6) is 1.19. The Morgan fingerprint density at radius 2 is 2.09 bits per heavy atom. The Bertz CT molecular complexity index is 489. The van der Waals surface area contributed by atoms with E-state index in [0.717, 1.165) is 50.0 Å². The van der Waals surface area contributed by atoms with Crippen molar-refractivity contribution in [3.63, 3.8) is 0 Å². The maximum Gasteiger partial charge on any atom is 0.373 e. The summed E-state index contributed by atoms with van der Waals surface area (Å²) in [5.41, 5.74) is 1.06. The van der Waals surface area contributed by atoms with Gasteiger partial charge in [0.2, 0.25) is 5.76 Å². The van der Waals surface area contributed by atoms with Crippen LogP contribution in [0.25, 0.3) is 0 Å². The number of rotatable bonds is 6. The van der Waals surface area contributed by atoms with E-state index in [9.17, 15) is 9.90 Å². The van der Waals surface area contributed by atoms with Gasteiger partial charge in [0.1, 0.15) is 5.76 Å². The predicted molar refractivity (Wildman–Crippen MR) is 83.7 cm³/mol. The van der Waals surface area contributed by atoms with Gasteiger partial charge < -0.3 is 14.3 Å². The van der Waals surface area contributed by atoms with Gasteiger partial charge in [0, 0.05) is 31.2 Å². The number of esters is 1. The third-order valence-corrected chi connectivity index (χ3v) is 4.72. The van der Waals surface area contributed by atoms with Crippen molar-refractivity contribution in [1.82, 2.24) is 4.90 Å². The Balaban J connectivity index is 2.00. The number of carbonyl (C=O) groups excluding carboxylic acids is 1. The lowest BCUT2D eigenvalue weighted by atomic mass is 9.86. The van der Waals surface area contributed by atoms with Gasteiger partial charge in [-0.3, -0.25) is 4.90 Å². The average molecular weight is 309 g/mol. The normalized spacial score (nSPS) is 22.0. The van der Waals surface area contributed by atoms with Gasteiger partial charge >= 0.3 is 5.97 Å². The van der Waals surface area contributed by atoms with E-state index in [1.807, 2.05) is 6.92 Å². The molecule has 1 aliphatic rings. The van der Waals surface area contributed by atoms with Crippen molar-refractivity contribution < 1.29 is 19.1 Å². The lowest BCUT2D eigenvalue weighted by Gasteiger charge is -2.34. The molecule has 1 aromatic rings. The van der Waals surface area contributed by atoms with Gasteiger partial charge in [-0.05, 0) is 44.7 Å². The second-order valence-electron chi connectivity index (χ2n) is 6.18. The maximum atomic E-state index is 11.6. The van der Waals surface area contributed by atoms with Crippen molar-refractivity contribution in [1.29, 1.82) is 0 Å². The largest absolute Gasteiger partial charge is 0.463 e. The molecule has 5 nitrogen and oxygen atoms in total. The Labute approximate surface area is 132 Å². The van der Waals surface area contributed by atoms with Crippen molar-refractivity contribution in [2.45, 2.75) is 51.6 Å². The molecule has 124 valence electrons. The van der Waals surface area contributed by atoms with Crippen LogP contribution in [-0.2, 0) is 17.7 Å². The number of furan rings is 1. The molecule has 2 rings (SSSR count). The highest BCUT2D eigenvalue weighted by Gasteiger charge is 2.25. The van der Waals surface area contributed by atoms with Gasteiger partial charge in [-0.2, -0.15) is 0 Å². The molecule has 1 saturated carbocycles. The van der Waals surface area contributed by atoms with Crippen LogP contribution in [0.2, 0.25) is 0 Å². The minimum absolute atomic E-state index is 0.284. The number of methoxy groups -OCH3 is 1. The summed E-state index contributed by atoms with van der Waals surface area (Å²) in [6.07, 6.45) is 5.17. The first-order valence-electron chi connectivity index (χ1n) is 8.10. The van der Waals surface area contributed by atoms with Crippen LogP contribution in [0, 0.1) is 5.92 Å². The molecule has 0 aliphatic heterocycles. The molecule has 0 amide bonds. The van der Waals surface area contributed by atoms with Gasteiger partial charge in [-0.25, -0.2) is 4.79 Å². The van der Waals surface area contributed by atoms with E-state index in [2.05, 4.69) is 11.9 Å². The van der Waals surface area contributed by atoms with Crippen molar-refractivity contribution >= 4 is 5.97 Å². The van der Waals surface area contributed by atoms with Gasteiger partial charge in [-0.1, -0.05) is 6.92 Å². The molecule has 1 fully saturated rings. The number of carbonyl (C=O) groups is 1. The first kappa shape index (κ1) is 17.0. The second kappa shape index (κ2) is 7.79. The van der Waals surface area contributed by atoms with Crippen molar-refractivity contribution in [2.24, 2.45) is 5.92 Å². The Hall–Kier alpha value is -1.33. The number of ether oxygens (including phenoxy) is 1. The number of aliphatic hydroxyl groups excluding tert-OH is 1. The fourth-order valence-corrected chi connectivity index (χ4v) is 3.27. The van der Waals surface area contributed by atoms with Crippen molar-refractivity contribution in [2.75, 3.05) is 20.8 Å². The van der Waals surface area contributed by atoms with Crippen LogP contribution in [0.15, 0.2) is 10.5 Å². The Kier molecular flexibility index (Phi) is 6.03. The molecule has 0 aromatic carbocycles. The van der Waals surface area contributed by atoms with E-state index in [-0.39, 0.29) is 5.76 Å². The highest BCUT2D eigenvalue weighted by atomic mass is 16.5. The Morgan fingerprint density at radius 1 is 1.41 bits per heavy atom. The zero-order valence-corrected chi connectivity index (χ0v) is 13.8. The number of aliphatic hydroxyl groups is 1. The van der Waals surface area contributed by atoms with Crippen LogP contribution in [0.1, 0.15) is 54.5 Å². The molecule has 1 aromatic heterocycles. The molecule has 1 aliphatic carbocycles. The van der Waals surface area contributed by atoms with Gasteiger partial charge in [-0.15, -0.1) is 0 Å². The molecule has 22 heavy (non-hydrogen) atoms. The zero-order chi connectivity index (χ0) is 16.1. The molecular formula is C17H27NO4. The van der Waals surface area contributed by atoms with Crippen LogP contribution in [0.5, 0.6) is 0 Å². The van der Waals surface area contributed by atoms with E-state index < -0.39 is 5.97 Å². The topological polar surface area (TPSA) is 62.9 Å². The summed E-state index contributed by atoms with van der Waals surface area (Å²) >= 11 is 0. The third-order valence-electron chi connectivity index (χ3n) is 4.72. The van der Waals surface area contributed by atoms with E-state index in [0.29, 0.717) is 18.6 Å². The fraction of sp³-hybridized carbons (Fsp3) is 0.706. The van der Waals surface area contributed by atoms with E-state index in [4.69, 9.17) is 9.15 Å². The van der Waals surface area contributed by atoms with Crippen LogP contribution in [0.4, 0.5) is 0 Å². The zero-order valence-electron chi connectivity index (χ0n) is 13.8. The lowest BCUT2D eigenvalue weighted by molar-refractivity contribution is 0.0563. The molecule has 0 bridgehead atoms. The average Bonchev–Trinajstić information content (AvgIpc) is 2.97. The number of hydrogen-bond acceptors (Lipinski definition) is 5. The first-order valence-corrected chi connectivity index (χ1v) is 8.10. The highest BCUT2D eigenvalue weighted by Crippen LogP contribution is 2.28. The fourth-order valence-electron chi connectivity index (χ4n) is 3.27. The molecule has 5 heteroatoms. The molecule has 0 radical (unpaired) electrons. The van der Waals surface area contributed by atoms with E-state index >= 15 is 0 Å². The van der Waals surface area contributed by atoms with E-state index in [1.54, 1.807) is 6.07 Å². The SMILES string of the molecule is CCc1oc(C(=O)OC)cc1CN(C)C1CCC(CO)CC1. The van der Waals surface area contributed by atoms with E-state index in [1.165, 1.54) is 7.11 Å². The lowest BCUT2D eigenvalue weighted by Crippen LogP contribution is -2.35. The molecule has 0 spiro atoms. The van der Waals surface area contributed by atoms with Crippen LogP contribution >= 0.6 is 0 Å². The van der Waals surface area contributed by atoms with Gasteiger partial charge in [0.15, 0.2) is 0 Å². The number of nitrogens with zero attached hydrogens (tertiary/aromatic N) is 1. The van der Waals surface area contributed by atoms with Crippen LogP contribution in [0.3, 0.4) is 0 Å². The van der Waals surface area contributed by atoms with Gasteiger partial charge in [0.05, 0.1) is 7.11 Å². The minimum Gasteiger partial charge on any atom is -0.463 e. The molecule has 1 N–H and O–H groups in total. The molecule has 0 saturated heterocycles. The minimum atomic E-state index is -0.424. The second-order valence-corrected chi connectivity index (χ2v) is 6.18. The molecule has 0 atom stereocenters. The van der Waals surface area contributed by atoms with Crippen LogP contribution < -0.4 is 0 Å². The third kappa shape index (κ3) is 3.90. The smallest absolute Gasteiger partial charge is 0.373 e. The first-order chi connectivity index (χ1) is 10.6. The predicted octanol–water partition coefficient (Wildman–Crippen LogP) is 2.61. The van der Waals surface area contributed by atoms with Crippen LogP contribution in [-0.4, -0.2) is 42.8 Å². The number of aryl methyl sites for hydroxylation is 1. The summed E-state index contributed by atoms with van der Waals surface area (Å²) in [7, 11) is 3.48. The summed E-state index contributed by atoms with van der Waals surface area (Å²) in [4.78, 5) is 13.9. The summed E-state index contributed by atoms with van der Waals surface area (Å²) < 4.78 is 10.3. The van der Waals surface area contributed by atoms with Crippen molar-refractivity contribution in [3.05, 3.63) is 23.2 Å². The Morgan fingerprint density at radius 3 is 2.64 bits per heavy atom. The summed E-state index contributed by atoms with van der Waals surface area (Å²) in [5, 5.41) is 9.23. The highest BCUT2D eigenvalue weighted by molar-refractivity contribution is 5.86.